The number of hydrogen-bond donors (Lipinski definition) is 1. The first-order chi connectivity index (χ1) is 6.72. The first kappa shape index (κ1) is 11.6. The maximum absolute atomic E-state index is 5.32. The van der Waals surface area contributed by atoms with Crippen LogP contribution in [0.25, 0.3) is 0 Å². The van der Waals surface area contributed by atoms with Gasteiger partial charge < -0.3 is 5.32 Å². The summed E-state index contributed by atoms with van der Waals surface area (Å²) < 4.78 is 0. The predicted octanol–water partition coefficient (Wildman–Crippen LogP) is 1.33. The second-order valence-corrected chi connectivity index (χ2v) is 4.48. The number of nitrogens with one attached hydrogen (secondary N) is 1. The van der Waals surface area contributed by atoms with E-state index in [1.807, 2.05) is 0 Å². The van der Waals surface area contributed by atoms with Crippen LogP contribution in [0.15, 0.2) is 0 Å². The summed E-state index contributed by atoms with van der Waals surface area (Å²) in [5, 5.41) is 3.42. The van der Waals surface area contributed by atoms with Gasteiger partial charge in [-0.05, 0) is 44.8 Å². The fourth-order valence-corrected chi connectivity index (χ4v) is 2.36. The lowest BCUT2D eigenvalue weighted by Crippen LogP contribution is -2.43. The zero-order valence-corrected chi connectivity index (χ0v) is 9.47. The molecular weight excluding hydrogens is 172 g/mol. The zero-order chi connectivity index (χ0) is 10.4. The smallest absolute Gasteiger partial charge is 0.0596 e. The second-order valence-electron chi connectivity index (χ2n) is 4.48. The molecule has 0 amide bonds. The number of piperidine rings is 1. The van der Waals surface area contributed by atoms with Crippen molar-refractivity contribution in [2.75, 3.05) is 33.2 Å². The van der Waals surface area contributed by atoms with E-state index in [0.717, 1.165) is 26.2 Å². The molecule has 0 aliphatic carbocycles. The molecule has 0 bridgehead atoms. The van der Waals surface area contributed by atoms with Crippen LogP contribution in [0.2, 0.25) is 0 Å². The molecule has 1 aliphatic heterocycles. The molecule has 1 aliphatic rings. The van der Waals surface area contributed by atoms with E-state index in [2.05, 4.69) is 30.1 Å². The number of terminal acetylenes is 1. The zero-order valence-electron chi connectivity index (χ0n) is 9.47. The Morgan fingerprint density at radius 1 is 1.43 bits per heavy atom. The Morgan fingerprint density at radius 3 is 2.57 bits per heavy atom. The Balaban J connectivity index is 2.47. The molecular formula is C12H22N2. The molecule has 0 unspecified atom stereocenters. The highest BCUT2D eigenvalue weighted by Crippen LogP contribution is 2.32. The van der Waals surface area contributed by atoms with Gasteiger partial charge in [0.1, 0.15) is 0 Å². The van der Waals surface area contributed by atoms with E-state index in [1.165, 1.54) is 19.3 Å². The lowest BCUT2D eigenvalue weighted by Gasteiger charge is -2.39. The summed E-state index contributed by atoms with van der Waals surface area (Å²) in [5.74, 6) is 2.71. The van der Waals surface area contributed by atoms with Crippen molar-refractivity contribution in [3.63, 3.8) is 0 Å². The molecule has 0 atom stereocenters. The summed E-state index contributed by atoms with van der Waals surface area (Å²) in [6.07, 6.45) is 9.16. The highest BCUT2D eigenvalue weighted by atomic mass is 15.1. The Morgan fingerprint density at radius 2 is 2.07 bits per heavy atom. The predicted molar refractivity (Wildman–Crippen MR) is 61.2 cm³/mol. The molecule has 14 heavy (non-hydrogen) atoms. The van der Waals surface area contributed by atoms with Gasteiger partial charge in [-0.25, -0.2) is 0 Å². The van der Waals surface area contributed by atoms with Gasteiger partial charge in [-0.15, -0.1) is 6.42 Å². The van der Waals surface area contributed by atoms with Crippen LogP contribution in [-0.2, 0) is 0 Å². The molecule has 0 aromatic carbocycles. The minimum absolute atomic E-state index is 0.511. The van der Waals surface area contributed by atoms with Gasteiger partial charge in [-0.2, -0.15) is 0 Å². The first-order valence-corrected chi connectivity index (χ1v) is 5.55. The largest absolute Gasteiger partial charge is 0.317 e. The van der Waals surface area contributed by atoms with Crippen molar-refractivity contribution in [1.29, 1.82) is 0 Å². The van der Waals surface area contributed by atoms with Gasteiger partial charge in [-0.3, -0.25) is 4.90 Å². The van der Waals surface area contributed by atoms with Gasteiger partial charge in [0.25, 0.3) is 0 Å². The van der Waals surface area contributed by atoms with E-state index in [9.17, 15) is 0 Å². The van der Waals surface area contributed by atoms with Gasteiger partial charge in [0.2, 0.25) is 0 Å². The Bertz CT molecular complexity index is 199. The molecule has 1 rings (SSSR count). The lowest BCUT2D eigenvalue weighted by atomic mass is 9.76. The third-order valence-corrected chi connectivity index (χ3v) is 3.38. The SMILES string of the molecule is C#CCN(C)CC1(CC)CCNCC1. The summed E-state index contributed by atoms with van der Waals surface area (Å²) in [5.41, 5.74) is 0.511. The number of nitrogens with zero attached hydrogens (tertiary/aromatic N) is 1. The fraction of sp³-hybridized carbons (Fsp3) is 0.833. The van der Waals surface area contributed by atoms with Crippen molar-refractivity contribution < 1.29 is 0 Å². The topological polar surface area (TPSA) is 15.3 Å². The van der Waals surface area contributed by atoms with E-state index in [0.29, 0.717) is 5.41 Å². The molecule has 1 fully saturated rings. The van der Waals surface area contributed by atoms with Crippen molar-refractivity contribution in [3.05, 3.63) is 0 Å². The maximum atomic E-state index is 5.32. The van der Waals surface area contributed by atoms with Gasteiger partial charge in [0.05, 0.1) is 6.54 Å². The summed E-state index contributed by atoms with van der Waals surface area (Å²) in [6.45, 7) is 6.55. The quantitative estimate of drug-likeness (QED) is 0.679. The van der Waals surface area contributed by atoms with Crippen LogP contribution >= 0.6 is 0 Å². The molecule has 1 heterocycles. The molecule has 80 valence electrons. The van der Waals surface area contributed by atoms with Crippen molar-refractivity contribution in [2.24, 2.45) is 5.41 Å². The van der Waals surface area contributed by atoms with E-state index < -0.39 is 0 Å². The van der Waals surface area contributed by atoms with Crippen LogP contribution in [0.4, 0.5) is 0 Å². The van der Waals surface area contributed by atoms with E-state index in [-0.39, 0.29) is 0 Å². The minimum Gasteiger partial charge on any atom is -0.317 e. The van der Waals surface area contributed by atoms with E-state index in [4.69, 9.17) is 6.42 Å². The van der Waals surface area contributed by atoms with Crippen molar-refractivity contribution >= 4 is 0 Å². The Labute approximate surface area is 88.1 Å². The van der Waals surface area contributed by atoms with E-state index >= 15 is 0 Å². The molecule has 0 saturated carbocycles. The molecule has 2 nitrogen and oxygen atoms in total. The average molecular weight is 194 g/mol. The van der Waals surface area contributed by atoms with Crippen LogP contribution in [0.1, 0.15) is 26.2 Å². The summed E-state index contributed by atoms with van der Waals surface area (Å²) in [7, 11) is 2.12. The van der Waals surface area contributed by atoms with Crippen LogP contribution in [0, 0.1) is 17.8 Å². The average Bonchev–Trinajstić information content (AvgIpc) is 2.19. The highest BCUT2D eigenvalue weighted by Gasteiger charge is 2.30. The monoisotopic (exact) mass is 194 g/mol. The van der Waals surface area contributed by atoms with Gasteiger partial charge in [0.15, 0.2) is 0 Å². The summed E-state index contributed by atoms with van der Waals surface area (Å²) in [4.78, 5) is 2.27. The molecule has 1 saturated heterocycles. The molecule has 2 heteroatoms. The molecule has 0 spiro atoms. The van der Waals surface area contributed by atoms with Crippen molar-refractivity contribution in [2.45, 2.75) is 26.2 Å². The maximum Gasteiger partial charge on any atom is 0.0596 e. The summed E-state index contributed by atoms with van der Waals surface area (Å²) >= 11 is 0. The van der Waals surface area contributed by atoms with Crippen LogP contribution in [0.3, 0.4) is 0 Å². The number of hydrogen-bond acceptors (Lipinski definition) is 2. The standard InChI is InChI=1S/C12H22N2/c1-4-10-14(3)11-12(5-2)6-8-13-9-7-12/h1,13H,5-11H2,2-3H3. The third kappa shape index (κ3) is 3.01. The van der Waals surface area contributed by atoms with Crippen LogP contribution in [0.5, 0.6) is 0 Å². The molecule has 0 aromatic heterocycles. The minimum atomic E-state index is 0.511. The fourth-order valence-electron chi connectivity index (χ4n) is 2.36. The van der Waals surface area contributed by atoms with Gasteiger partial charge >= 0.3 is 0 Å². The third-order valence-electron chi connectivity index (χ3n) is 3.38. The molecule has 0 radical (unpaired) electrons. The summed E-state index contributed by atoms with van der Waals surface area (Å²) in [6, 6.07) is 0. The normalized spacial score (nSPS) is 20.7. The van der Waals surface area contributed by atoms with Crippen LogP contribution in [-0.4, -0.2) is 38.1 Å². The Kier molecular flexibility index (Phi) is 4.44. The Hall–Kier alpha value is -0.520. The lowest BCUT2D eigenvalue weighted by molar-refractivity contribution is 0.131. The second kappa shape index (κ2) is 5.38. The van der Waals surface area contributed by atoms with Gasteiger partial charge in [0, 0.05) is 6.54 Å². The van der Waals surface area contributed by atoms with E-state index in [1.54, 1.807) is 0 Å². The van der Waals surface area contributed by atoms with Crippen LogP contribution < -0.4 is 5.32 Å². The van der Waals surface area contributed by atoms with Gasteiger partial charge in [-0.1, -0.05) is 12.8 Å². The molecule has 1 N–H and O–H groups in total. The van der Waals surface area contributed by atoms with Crippen molar-refractivity contribution in [3.8, 4) is 12.3 Å². The highest BCUT2D eigenvalue weighted by molar-refractivity contribution is 4.91. The van der Waals surface area contributed by atoms with Crippen molar-refractivity contribution in [1.82, 2.24) is 10.2 Å². The number of rotatable bonds is 4. The molecule has 0 aromatic rings. The first-order valence-electron chi connectivity index (χ1n) is 5.55.